The number of amides is 1. The fourth-order valence-corrected chi connectivity index (χ4v) is 2.17. The zero-order valence-electron chi connectivity index (χ0n) is 10.1. The second kappa shape index (κ2) is 5.14. The number of hydrogen-bond donors (Lipinski definition) is 1. The Balaban J connectivity index is 2.12. The number of aryl methyl sites for hydroxylation is 1. The quantitative estimate of drug-likeness (QED) is 0.917. The molecule has 1 N–H and O–H groups in total. The van der Waals surface area contributed by atoms with E-state index < -0.39 is 0 Å². The van der Waals surface area contributed by atoms with Gasteiger partial charge in [0.15, 0.2) is 0 Å². The smallest absolute Gasteiger partial charge is 0.257 e. The van der Waals surface area contributed by atoms with Crippen LogP contribution in [-0.2, 0) is 6.54 Å². The number of carbonyl (C=O) groups excluding carboxylic acids is 1. The van der Waals surface area contributed by atoms with E-state index in [0.29, 0.717) is 6.54 Å². The first-order valence-electron chi connectivity index (χ1n) is 5.37. The summed E-state index contributed by atoms with van der Waals surface area (Å²) in [6.45, 7) is 2.34. The van der Waals surface area contributed by atoms with Gasteiger partial charge in [0.1, 0.15) is 5.75 Å². The van der Waals surface area contributed by atoms with Crippen LogP contribution in [0.2, 0.25) is 0 Å². The Kier molecular flexibility index (Phi) is 3.57. The van der Waals surface area contributed by atoms with Gasteiger partial charge in [-0.2, -0.15) is 0 Å². The number of pyridine rings is 1. The molecule has 0 aliphatic heterocycles. The molecule has 0 aromatic carbocycles. The molecule has 6 heteroatoms. The van der Waals surface area contributed by atoms with Gasteiger partial charge >= 0.3 is 0 Å². The number of hydrogen-bond acceptors (Lipinski definition) is 5. The minimum Gasteiger partial charge on any atom is -0.505 e. The molecule has 1 amide bonds. The van der Waals surface area contributed by atoms with Crippen molar-refractivity contribution in [2.24, 2.45) is 0 Å². The molecule has 2 rings (SSSR count). The zero-order valence-corrected chi connectivity index (χ0v) is 10.9. The van der Waals surface area contributed by atoms with E-state index in [4.69, 9.17) is 0 Å². The number of aromatic hydroxyl groups is 1. The van der Waals surface area contributed by atoms with Gasteiger partial charge < -0.3 is 10.0 Å². The lowest BCUT2D eigenvalue weighted by atomic mass is 10.2. The first-order chi connectivity index (χ1) is 8.58. The predicted molar refractivity (Wildman–Crippen MR) is 68.6 cm³/mol. The van der Waals surface area contributed by atoms with Crippen LogP contribution < -0.4 is 0 Å². The van der Waals surface area contributed by atoms with Crippen molar-refractivity contribution >= 4 is 17.2 Å². The first-order valence-corrected chi connectivity index (χ1v) is 6.25. The molecular weight excluding hydrogens is 250 g/mol. The summed E-state index contributed by atoms with van der Waals surface area (Å²) in [5, 5.41) is 12.5. The van der Waals surface area contributed by atoms with Gasteiger partial charge in [-0.05, 0) is 13.0 Å². The fourth-order valence-electron chi connectivity index (χ4n) is 1.57. The van der Waals surface area contributed by atoms with Gasteiger partial charge in [0.25, 0.3) is 5.91 Å². The van der Waals surface area contributed by atoms with E-state index in [2.05, 4.69) is 9.97 Å². The lowest BCUT2D eigenvalue weighted by molar-refractivity contribution is 0.0780. The summed E-state index contributed by atoms with van der Waals surface area (Å²) in [5.41, 5.74) is 1.10. The van der Waals surface area contributed by atoms with E-state index in [1.807, 2.05) is 12.3 Å². The topological polar surface area (TPSA) is 66.3 Å². The number of thiazole rings is 1. The molecule has 0 bridgehead atoms. The monoisotopic (exact) mass is 263 g/mol. The highest BCUT2D eigenvalue weighted by Gasteiger charge is 2.16. The van der Waals surface area contributed by atoms with Crippen LogP contribution in [0.25, 0.3) is 0 Å². The normalized spacial score (nSPS) is 10.3. The van der Waals surface area contributed by atoms with E-state index in [9.17, 15) is 9.90 Å². The predicted octanol–water partition coefficient (Wildman–Crippen LogP) is 1.82. The van der Waals surface area contributed by atoms with Gasteiger partial charge in [-0.25, -0.2) is 4.98 Å². The average Bonchev–Trinajstić information content (AvgIpc) is 2.74. The second-order valence-electron chi connectivity index (χ2n) is 3.91. The third-order valence-corrected chi connectivity index (χ3v) is 3.27. The minimum absolute atomic E-state index is 0.108. The van der Waals surface area contributed by atoms with E-state index >= 15 is 0 Å². The highest BCUT2D eigenvalue weighted by Crippen LogP contribution is 2.17. The summed E-state index contributed by atoms with van der Waals surface area (Å²) in [6.07, 6.45) is 2.74. The summed E-state index contributed by atoms with van der Waals surface area (Å²) in [5.74, 6) is -0.357. The number of nitrogens with zero attached hydrogens (tertiary/aromatic N) is 3. The molecule has 0 spiro atoms. The molecule has 0 fully saturated rings. The Hall–Kier alpha value is -1.95. The van der Waals surface area contributed by atoms with E-state index in [1.54, 1.807) is 18.4 Å². The molecule has 0 atom stereocenters. The summed E-state index contributed by atoms with van der Waals surface area (Å²) < 4.78 is 0. The molecule has 94 valence electrons. The summed E-state index contributed by atoms with van der Waals surface area (Å²) >= 11 is 1.55. The zero-order chi connectivity index (χ0) is 13.1. The van der Waals surface area contributed by atoms with Crippen molar-refractivity contribution in [1.82, 2.24) is 14.9 Å². The lowest BCUT2D eigenvalue weighted by Crippen LogP contribution is -2.26. The Bertz CT molecular complexity index is 568. The molecule has 0 saturated carbocycles. The van der Waals surface area contributed by atoms with Crippen molar-refractivity contribution in [3.8, 4) is 5.75 Å². The molecule has 0 saturated heterocycles. The van der Waals surface area contributed by atoms with Crippen LogP contribution in [0.1, 0.15) is 21.1 Å². The van der Waals surface area contributed by atoms with Crippen molar-refractivity contribution < 1.29 is 9.90 Å². The van der Waals surface area contributed by atoms with Gasteiger partial charge in [0.05, 0.1) is 29.0 Å². The van der Waals surface area contributed by atoms with Gasteiger partial charge in [-0.1, -0.05) is 0 Å². The maximum atomic E-state index is 12.1. The van der Waals surface area contributed by atoms with Crippen molar-refractivity contribution in [3.05, 3.63) is 40.1 Å². The molecule has 18 heavy (non-hydrogen) atoms. The van der Waals surface area contributed by atoms with Crippen molar-refractivity contribution in [2.45, 2.75) is 13.5 Å². The molecule has 0 aliphatic carbocycles. The van der Waals surface area contributed by atoms with Crippen molar-refractivity contribution in [3.63, 3.8) is 0 Å². The highest BCUT2D eigenvalue weighted by molar-refractivity contribution is 7.09. The Morgan fingerprint density at radius 3 is 2.94 bits per heavy atom. The molecule has 0 aliphatic rings. The molecule has 2 aromatic heterocycles. The minimum atomic E-state index is -0.249. The summed E-state index contributed by atoms with van der Waals surface area (Å²) in [7, 11) is 1.68. The first kappa shape index (κ1) is 12.5. The Morgan fingerprint density at radius 1 is 1.56 bits per heavy atom. The third-order valence-electron chi connectivity index (χ3n) is 2.44. The summed E-state index contributed by atoms with van der Waals surface area (Å²) in [6, 6.07) is 1.50. The van der Waals surface area contributed by atoms with Crippen molar-refractivity contribution in [2.75, 3.05) is 7.05 Å². The van der Waals surface area contributed by atoms with Crippen LogP contribution in [0.15, 0.2) is 23.8 Å². The van der Waals surface area contributed by atoms with E-state index in [-0.39, 0.29) is 17.2 Å². The van der Waals surface area contributed by atoms with Crippen LogP contribution in [0, 0.1) is 6.92 Å². The van der Waals surface area contributed by atoms with Gasteiger partial charge in [0, 0.05) is 18.6 Å². The highest BCUT2D eigenvalue weighted by atomic mass is 32.1. The summed E-state index contributed by atoms with van der Waals surface area (Å²) in [4.78, 5) is 21.6. The molecule has 2 heterocycles. The molecule has 0 radical (unpaired) electrons. The van der Waals surface area contributed by atoms with Gasteiger partial charge in [-0.3, -0.25) is 9.78 Å². The standard InChI is InChI=1S/C12H13N3O2S/c1-8-14-9(7-18-8)6-15(2)12(17)10-3-4-13-5-11(10)16/h3-5,7,16H,6H2,1-2H3. The third kappa shape index (κ3) is 2.65. The van der Waals surface area contributed by atoms with Crippen LogP contribution in [0.4, 0.5) is 0 Å². The van der Waals surface area contributed by atoms with E-state index in [1.165, 1.54) is 23.4 Å². The van der Waals surface area contributed by atoms with Gasteiger partial charge in [0.2, 0.25) is 0 Å². The Labute approximate surface area is 109 Å². The van der Waals surface area contributed by atoms with Crippen LogP contribution in [0.5, 0.6) is 5.75 Å². The number of rotatable bonds is 3. The Morgan fingerprint density at radius 2 is 2.33 bits per heavy atom. The molecule has 2 aromatic rings. The van der Waals surface area contributed by atoms with Crippen molar-refractivity contribution in [1.29, 1.82) is 0 Å². The largest absolute Gasteiger partial charge is 0.505 e. The van der Waals surface area contributed by atoms with Crippen LogP contribution in [0.3, 0.4) is 0 Å². The lowest BCUT2D eigenvalue weighted by Gasteiger charge is -2.16. The average molecular weight is 263 g/mol. The van der Waals surface area contributed by atoms with Crippen LogP contribution >= 0.6 is 11.3 Å². The number of carbonyl (C=O) groups is 1. The molecular formula is C12H13N3O2S. The second-order valence-corrected chi connectivity index (χ2v) is 4.97. The fraction of sp³-hybridized carbons (Fsp3) is 0.250. The molecule has 0 unspecified atom stereocenters. The maximum Gasteiger partial charge on any atom is 0.257 e. The number of aromatic nitrogens is 2. The molecule has 5 nitrogen and oxygen atoms in total. The maximum absolute atomic E-state index is 12.1. The van der Waals surface area contributed by atoms with Crippen LogP contribution in [-0.4, -0.2) is 32.9 Å². The van der Waals surface area contributed by atoms with Gasteiger partial charge in [-0.15, -0.1) is 11.3 Å². The SMILES string of the molecule is Cc1nc(CN(C)C(=O)c2ccncc2O)cs1. The van der Waals surface area contributed by atoms with E-state index in [0.717, 1.165) is 10.7 Å².